The highest BCUT2D eigenvalue weighted by Crippen LogP contribution is 2.25. The predicted octanol–water partition coefficient (Wildman–Crippen LogP) is 4.87. The molecule has 0 radical (unpaired) electrons. The molecule has 32 heavy (non-hydrogen) atoms. The summed E-state index contributed by atoms with van der Waals surface area (Å²) in [6.07, 6.45) is 0.955. The van der Waals surface area contributed by atoms with Gasteiger partial charge >= 0.3 is 5.97 Å². The Labute approximate surface area is 187 Å². The number of esters is 1. The standard InChI is InChI=1S/C26H27F2NO3/c1-31-26(30)15-19-6-2-11-24(14-19)32-13-5-12-29-18-25(20-7-3-9-22(27)16-20)21-8-4-10-23(28)17-21/h2-4,6-11,14,16-17,25,29H,5,12-13,15,18H2,1H3. The second kappa shape index (κ2) is 12.0. The molecule has 0 unspecified atom stereocenters. The Balaban J connectivity index is 1.50. The summed E-state index contributed by atoms with van der Waals surface area (Å²) < 4.78 is 38.0. The minimum absolute atomic E-state index is 0.169. The molecule has 0 saturated carbocycles. The molecule has 3 rings (SSSR count). The molecule has 0 atom stereocenters. The van der Waals surface area contributed by atoms with Crippen molar-refractivity contribution in [3.63, 3.8) is 0 Å². The summed E-state index contributed by atoms with van der Waals surface area (Å²) in [5, 5.41) is 3.37. The molecule has 0 aromatic heterocycles. The Hall–Kier alpha value is -3.25. The van der Waals surface area contributed by atoms with Crippen LogP contribution in [0.15, 0.2) is 72.8 Å². The van der Waals surface area contributed by atoms with Crippen LogP contribution in [0.2, 0.25) is 0 Å². The van der Waals surface area contributed by atoms with E-state index in [0.717, 1.165) is 23.1 Å². The lowest BCUT2D eigenvalue weighted by Gasteiger charge is -2.19. The zero-order valence-electron chi connectivity index (χ0n) is 18.0. The number of methoxy groups -OCH3 is 1. The van der Waals surface area contributed by atoms with Crippen LogP contribution in [0.25, 0.3) is 0 Å². The smallest absolute Gasteiger partial charge is 0.309 e. The topological polar surface area (TPSA) is 47.6 Å². The van der Waals surface area contributed by atoms with Crippen LogP contribution in [-0.2, 0) is 16.0 Å². The van der Waals surface area contributed by atoms with Crippen molar-refractivity contribution >= 4 is 5.97 Å². The Bertz CT molecular complexity index is 980. The first-order chi connectivity index (χ1) is 15.5. The van der Waals surface area contributed by atoms with Crippen molar-refractivity contribution < 1.29 is 23.0 Å². The van der Waals surface area contributed by atoms with E-state index in [2.05, 4.69) is 10.1 Å². The molecule has 0 aliphatic heterocycles. The lowest BCUT2D eigenvalue weighted by Crippen LogP contribution is -2.24. The molecule has 3 aromatic carbocycles. The van der Waals surface area contributed by atoms with Crippen molar-refractivity contribution in [2.45, 2.75) is 18.8 Å². The predicted molar refractivity (Wildman–Crippen MR) is 120 cm³/mol. The van der Waals surface area contributed by atoms with E-state index in [0.29, 0.717) is 25.4 Å². The number of carbonyl (C=O) groups is 1. The van der Waals surface area contributed by atoms with Crippen molar-refractivity contribution in [3.8, 4) is 5.75 Å². The molecule has 0 aliphatic rings. The molecule has 4 nitrogen and oxygen atoms in total. The molecule has 0 fully saturated rings. The third-order valence-corrected chi connectivity index (χ3v) is 5.09. The van der Waals surface area contributed by atoms with Crippen LogP contribution in [0.3, 0.4) is 0 Å². The van der Waals surface area contributed by atoms with Crippen LogP contribution >= 0.6 is 0 Å². The second-order valence-electron chi connectivity index (χ2n) is 7.47. The number of nitrogens with one attached hydrogen (secondary N) is 1. The number of ether oxygens (including phenoxy) is 2. The third kappa shape index (κ3) is 7.17. The van der Waals surface area contributed by atoms with E-state index in [1.54, 1.807) is 12.1 Å². The molecule has 0 heterocycles. The van der Waals surface area contributed by atoms with Gasteiger partial charge in [0.2, 0.25) is 0 Å². The van der Waals surface area contributed by atoms with Crippen LogP contribution in [0.4, 0.5) is 8.78 Å². The number of hydrogen-bond donors (Lipinski definition) is 1. The van der Waals surface area contributed by atoms with Gasteiger partial charge in [-0.15, -0.1) is 0 Å². The monoisotopic (exact) mass is 439 g/mol. The molecule has 0 aliphatic carbocycles. The lowest BCUT2D eigenvalue weighted by atomic mass is 9.91. The van der Waals surface area contributed by atoms with Crippen LogP contribution in [0.1, 0.15) is 29.0 Å². The first kappa shape index (κ1) is 23.4. The van der Waals surface area contributed by atoms with Crippen molar-refractivity contribution in [1.82, 2.24) is 5.32 Å². The Morgan fingerprint density at radius 3 is 2.22 bits per heavy atom. The molecule has 0 amide bonds. The number of hydrogen-bond acceptors (Lipinski definition) is 4. The van der Waals surface area contributed by atoms with Gasteiger partial charge in [-0.25, -0.2) is 8.78 Å². The van der Waals surface area contributed by atoms with Gasteiger partial charge in [-0.3, -0.25) is 4.79 Å². The van der Waals surface area contributed by atoms with Gasteiger partial charge in [0.1, 0.15) is 17.4 Å². The molecular weight excluding hydrogens is 412 g/mol. The molecule has 0 saturated heterocycles. The van der Waals surface area contributed by atoms with Crippen LogP contribution < -0.4 is 10.1 Å². The Morgan fingerprint density at radius 1 is 0.938 bits per heavy atom. The number of carbonyl (C=O) groups excluding carboxylic acids is 1. The summed E-state index contributed by atoms with van der Waals surface area (Å²) >= 11 is 0. The van der Waals surface area contributed by atoms with Gasteiger partial charge in [-0.05, 0) is 66.1 Å². The minimum Gasteiger partial charge on any atom is -0.494 e. The van der Waals surface area contributed by atoms with Gasteiger partial charge in [0.25, 0.3) is 0 Å². The highest BCUT2D eigenvalue weighted by atomic mass is 19.1. The zero-order chi connectivity index (χ0) is 22.8. The van der Waals surface area contributed by atoms with E-state index < -0.39 is 0 Å². The van der Waals surface area contributed by atoms with Gasteiger partial charge < -0.3 is 14.8 Å². The maximum atomic E-state index is 13.8. The highest BCUT2D eigenvalue weighted by molar-refractivity contribution is 5.72. The highest BCUT2D eigenvalue weighted by Gasteiger charge is 2.15. The molecule has 0 bridgehead atoms. The summed E-state index contributed by atoms with van der Waals surface area (Å²) in [5.41, 5.74) is 2.42. The first-order valence-electron chi connectivity index (χ1n) is 10.6. The van der Waals surface area contributed by atoms with Crippen molar-refractivity contribution in [3.05, 3.63) is 101 Å². The van der Waals surface area contributed by atoms with Gasteiger partial charge in [0, 0.05) is 12.5 Å². The molecule has 3 aromatic rings. The first-order valence-corrected chi connectivity index (χ1v) is 10.6. The van der Waals surface area contributed by atoms with Crippen molar-refractivity contribution in [2.24, 2.45) is 0 Å². The molecular formula is C26H27F2NO3. The lowest BCUT2D eigenvalue weighted by molar-refractivity contribution is -0.139. The van der Waals surface area contributed by atoms with Crippen LogP contribution in [-0.4, -0.2) is 32.8 Å². The number of rotatable bonds is 11. The van der Waals surface area contributed by atoms with E-state index >= 15 is 0 Å². The van der Waals surface area contributed by atoms with E-state index in [1.165, 1.54) is 31.4 Å². The molecule has 1 N–H and O–H groups in total. The summed E-state index contributed by atoms with van der Waals surface area (Å²) in [7, 11) is 1.36. The normalized spacial score (nSPS) is 10.9. The number of benzene rings is 3. The van der Waals surface area contributed by atoms with Crippen LogP contribution in [0.5, 0.6) is 5.75 Å². The molecule has 168 valence electrons. The molecule has 0 spiro atoms. The van der Waals surface area contributed by atoms with E-state index in [9.17, 15) is 13.6 Å². The fourth-order valence-corrected chi connectivity index (χ4v) is 3.49. The summed E-state index contributed by atoms with van der Waals surface area (Å²) in [5.74, 6) is -0.392. The third-order valence-electron chi connectivity index (χ3n) is 5.09. The van der Waals surface area contributed by atoms with Gasteiger partial charge in [0.15, 0.2) is 0 Å². The van der Waals surface area contributed by atoms with E-state index in [-0.39, 0.29) is 29.9 Å². The SMILES string of the molecule is COC(=O)Cc1cccc(OCCCNCC(c2cccc(F)c2)c2cccc(F)c2)c1. The number of halogens is 2. The fourth-order valence-electron chi connectivity index (χ4n) is 3.49. The quantitative estimate of drug-likeness (QED) is 0.342. The minimum atomic E-state index is -0.313. The van der Waals surface area contributed by atoms with Crippen molar-refractivity contribution in [1.29, 1.82) is 0 Å². The summed E-state index contributed by atoms with van der Waals surface area (Å²) in [4.78, 5) is 11.4. The maximum absolute atomic E-state index is 13.8. The summed E-state index contributed by atoms with van der Waals surface area (Å²) in [6.45, 7) is 1.73. The summed E-state index contributed by atoms with van der Waals surface area (Å²) in [6, 6.07) is 20.2. The average Bonchev–Trinajstić information content (AvgIpc) is 2.78. The largest absolute Gasteiger partial charge is 0.494 e. The van der Waals surface area contributed by atoms with Crippen LogP contribution in [0, 0.1) is 11.6 Å². The van der Waals surface area contributed by atoms with Gasteiger partial charge in [-0.2, -0.15) is 0 Å². The zero-order valence-corrected chi connectivity index (χ0v) is 18.0. The van der Waals surface area contributed by atoms with E-state index in [4.69, 9.17) is 4.74 Å². The Morgan fingerprint density at radius 2 is 1.59 bits per heavy atom. The van der Waals surface area contributed by atoms with Gasteiger partial charge in [-0.1, -0.05) is 36.4 Å². The molecule has 6 heteroatoms. The maximum Gasteiger partial charge on any atom is 0.309 e. The van der Waals surface area contributed by atoms with Crippen molar-refractivity contribution in [2.75, 3.05) is 26.8 Å². The van der Waals surface area contributed by atoms with Gasteiger partial charge in [0.05, 0.1) is 20.1 Å². The van der Waals surface area contributed by atoms with E-state index in [1.807, 2.05) is 36.4 Å². The fraction of sp³-hybridized carbons (Fsp3) is 0.269. The second-order valence-corrected chi connectivity index (χ2v) is 7.47. The average molecular weight is 440 g/mol. The Kier molecular flexibility index (Phi) is 8.75.